The number of halogens is 2. The molecule has 0 aliphatic carbocycles. The maximum Gasteiger partial charge on any atom is 0.191 e. The molecule has 1 atom stereocenters. The number of anilines is 2. The highest BCUT2D eigenvalue weighted by Gasteiger charge is 2.26. The van der Waals surface area contributed by atoms with Crippen molar-refractivity contribution in [1.82, 2.24) is 15.6 Å². The van der Waals surface area contributed by atoms with Crippen LogP contribution in [0.3, 0.4) is 0 Å². The molecule has 4 rings (SSSR count). The highest BCUT2D eigenvalue weighted by atomic mass is 19.1. The van der Waals surface area contributed by atoms with Gasteiger partial charge in [0.05, 0.1) is 25.4 Å². The number of nitrogens with zero attached hydrogens (tertiary/aromatic N) is 4. The largest absolute Gasteiger partial charge is 0.378 e. The number of morpholine rings is 1. The van der Waals surface area contributed by atoms with Crippen molar-refractivity contribution in [2.45, 2.75) is 25.9 Å². The van der Waals surface area contributed by atoms with Gasteiger partial charge in [0, 0.05) is 45.0 Å². The molecule has 0 amide bonds. The molecule has 9 heteroatoms. The summed E-state index contributed by atoms with van der Waals surface area (Å²) >= 11 is 0. The highest BCUT2D eigenvalue weighted by molar-refractivity contribution is 5.80. The molecule has 32 heavy (non-hydrogen) atoms. The summed E-state index contributed by atoms with van der Waals surface area (Å²) in [4.78, 5) is 12.7. The Bertz CT molecular complexity index is 934. The lowest BCUT2D eigenvalue weighted by Crippen LogP contribution is -2.44. The minimum Gasteiger partial charge on any atom is -0.378 e. The molecule has 2 aliphatic heterocycles. The van der Waals surface area contributed by atoms with E-state index in [0.717, 1.165) is 18.5 Å². The fourth-order valence-corrected chi connectivity index (χ4v) is 4.07. The van der Waals surface area contributed by atoms with E-state index in [4.69, 9.17) is 4.74 Å². The van der Waals surface area contributed by atoms with E-state index >= 15 is 0 Å². The minimum absolute atomic E-state index is 0.120. The van der Waals surface area contributed by atoms with Crippen molar-refractivity contribution in [1.29, 1.82) is 0 Å². The van der Waals surface area contributed by atoms with Crippen molar-refractivity contribution >= 4 is 17.5 Å². The van der Waals surface area contributed by atoms with Gasteiger partial charge in [0.15, 0.2) is 17.6 Å². The van der Waals surface area contributed by atoms with E-state index in [9.17, 15) is 8.78 Å². The van der Waals surface area contributed by atoms with Crippen LogP contribution < -0.4 is 20.4 Å². The Morgan fingerprint density at radius 2 is 2.00 bits per heavy atom. The summed E-state index contributed by atoms with van der Waals surface area (Å²) in [6.45, 7) is 7.07. The number of hydrogen-bond acceptors (Lipinski definition) is 5. The monoisotopic (exact) mass is 444 g/mol. The van der Waals surface area contributed by atoms with Crippen molar-refractivity contribution < 1.29 is 13.5 Å². The van der Waals surface area contributed by atoms with Crippen LogP contribution in [0.5, 0.6) is 0 Å². The summed E-state index contributed by atoms with van der Waals surface area (Å²) in [6.07, 6.45) is 2.46. The second-order valence-electron chi connectivity index (χ2n) is 7.97. The van der Waals surface area contributed by atoms with Gasteiger partial charge >= 0.3 is 0 Å². The number of guanidine groups is 1. The van der Waals surface area contributed by atoms with Gasteiger partial charge in [-0.3, -0.25) is 0 Å². The minimum atomic E-state index is -0.309. The number of aromatic nitrogens is 1. The van der Waals surface area contributed by atoms with Crippen LogP contribution in [-0.2, 0) is 11.3 Å². The third-order valence-corrected chi connectivity index (χ3v) is 5.70. The van der Waals surface area contributed by atoms with Crippen LogP contribution >= 0.6 is 0 Å². The predicted molar refractivity (Wildman–Crippen MR) is 122 cm³/mol. The van der Waals surface area contributed by atoms with Gasteiger partial charge in [0.1, 0.15) is 5.82 Å². The van der Waals surface area contributed by atoms with Gasteiger partial charge in [-0.2, -0.15) is 0 Å². The van der Waals surface area contributed by atoms with E-state index in [-0.39, 0.29) is 17.7 Å². The molecular weight excluding hydrogens is 414 g/mol. The fourth-order valence-electron chi connectivity index (χ4n) is 4.07. The number of benzene rings is 1. The lowest BCUT2D eigenvalue weighted by atomic mass is 10.1. The Kier molecular flexibility index (Phi) is 7.36. The molecule has 3 heterocycles. The van der Waals surface area contributed by atoms with Crippen LogP contribution in [0.1, 0.15) is 18.9 Å². The van der Waals surface area contributed by atoms with E-state index in [2.05, 4.69) is 20.6 Å². The lowest BCUT2D eigenvalue weighted by Gasteiger charge is -2.29. The van der Waals surface area contributed by atoms with Gasteiger partial charge < -0.3 is 25.2 Å². The number of aliphatic imine (C=N–C) groups is 1. The molecule has 0 spiro atoms. The van der Waals surface area contributed by atoms with Crippen LogP contribution in [0.4, 0.5) is 20.3 Å². The Morgan fingerprint density at radius 1 is 1.16 bits per heavy atom. The maximum absolute atomic E-state index is 14.7. The SMILES string of the molecule is CCNC(=NCc1ccc(N2CCOCC2)c(F)c1)NC1CCN(c2ncccc2F)C1. The fraction of sp³-hybridized carbons (Fsp3) is 0.478. The Labute approximate surface area is 187 Å². The molecule has 0 saturated carbocycles. The van der Waals surface area contributed by atoms with Gasteiger partial charge in [-0.1, -0.05) is 6.07 Å². The zero-order chi connectivity index (χ0) is 22.3. The molecule has 0 radical (unpaired) electrons. The van der Waals surface area contributed by atoms with Crippen LogP contribution in [0, 0.1) is 11.6 Å². The maximum atomic E-state index is 14.7. The summed E-state index contributed by atoms with van der Waals surface area (Å²) in [7, 11) is 0. The van der Waals surface area contributed by atoms with Gasteiger partial charge in [-0.05, 0) is 43.2 Å². The van der Waals surface area contributed by atoms with Crippen LogP contribution in [0.2, 0.25) is 0 Å². The molecule has 1 unspecified atom stereocenters. The average Bonchev–Trinajstić information content (AvgIpc) is 3.27. The highest BCUT2D eigenvalue weighted by Crippen LogP contribution is 2.23. The van der Waals surface area contributed by atoms with Crippen molar-refractivity contribution in [2.75, 3.05) is 55.7 Å². The Morgan fingerprint density at radius 3 is 2.75 bits per heavy atom. The van der Waals surface area contributed by atoms with E-state index in [1.165, 1.54) is 6.07 Å². The zero-order valence-corrected chi connectivity index (χ0v) is 18.4. The first-order chi connectivity index (χ1) is 15.6. The first-order valence-electron chi connectivity index (χ1n) is 11.2. The van der Waals surface area contributed by atoms with Crippen LogP contribution in [-0.4, -0.2) is 62.9 Å². The Balaban J connectivity index is 1.37. The van der Waals surface area contributed by atoms with Crippen molar-refractivity contribution in [3.63, 3.8) is 0 Å². The zero-order valence-electron chi connectivity index (χ0n) is 18.4. The molecule has 1 aromatic heterocycles. The van der Waals surface area contributed by atoms with Crippen LogP contribution in [0.25, 0.3) is 0 Å². The third-order valence-electron chi connectivity index (χ3n) is 5.70. The van der Waals surface area contributed by atoms with Gasteiger partial charge in [0.25, 0.3) is 0 Å². The number of pyridine rings is 1. The second kappa shape index (κ2) is 10.6. The standard InChI is InChI=1S/C23H30F2N6O/c1-2-26-23(29-18-7-9-31(16-18)22-19(24)4-3-8-27-22)28-15-17-5-6-21(20(25)14-17)30-10-12-32-13-11-30/h3-6,8,14,18H,2,7,9-13,15-16H2,1H3,(H2,26,28,29). The number of nitrogens with one attached hydrogen (secondary N) is 2. The van der Waals surface area contributed by atoms with Crippen molar-refractivity contribution in [2.24, 2.45) is 4.99 Å². The average molecular weight is 445 g/mol. The summed E-state index contributed by atoms with van der Waals surface area (Å²) < 4.78 is 34.1. The molecule has 2 saturated heterocycles. The molecule has 2 aliphatic rings. The molecule has 7 nitrogen and oxygen atoms in total. The molecule has 2 N–H and O–H groups in total. The number of ether oxygens (including phenoxy) is 1. The van der Waals surface area contributed by atoms with E-state index in [1.54, 1.807) is 18.3 Å². The number of hydrogen-bond donors (Lipinski definition) is 2. The summed E-state index contributed by atoms with van der Waals surface area (Å²) in [5.74, 6) is 0.505. The molecule has 172 valence electrons. The smallest absolute Gasteiger partial charge is 0.191 e. The molecule has 2 fully saturated rings. The van der Waals surface area contributed by atoms with Crippen LogP contribution in [0.15, 0.2) is 41.5 Å². The van der Waals surface area contributed by atoms with Crippen molar-refractivity contribution in [3.05, 3.63) is 53.7 Å². The Hall–Kier alpha value is -2.94. The third kappa shape index (κ3) is 5.45. The van der Waals surface area contributed by atoms with Crippen molar-refractivity contribution in [3.8, 4) is 0 Å². The van der Waals surface area contributed by atoms with E-state index in [1.807, 2.05) is 28.9 Å². The molecule has 1 aromatic carbocycles. The van der Waals surface area contributed by atoms with Gasteiger partial charge in [-0.15, -0.1) is 0 Å². The number of rotatable bonds is 6. The molecular formula is C23H30F2N6O. The van der Waals surface area contributed by atoms with Gasteiger partial charge in [0.2, 0.25) is 0 Å². The summed E-state index contributed by atoms with van der Waals surface area (Å²) in [6, 6.07) is 8.44. The molecule has 2 aromatic rings. The second-order valence-corrected chi connectivity index (χ2v) is 7.97. The quantitative estimate of drug-likeness (QED) is 0.527. The van der Waals surface area contributed by atoms with E-state index in [0.29, 0.717) is 63.4 Å². The first-order valence-corrected chi connectivity index (χ1v) is 11.2. The van der Waals surface area contributed by atoms with Gasteiger partial charge in [-0.25, -0.2) is 18.8 Å². The molecule has 0 bridgehead atoms. The predicted octanol–water partition coefficient (Wildman–Crippen LogP) is 2.53. The first kappa shape index (κ1) is 22.3. The van der Waals surface area contributed by atoms with E-state index < -0.39 is 0 Å². The normalized spacial score (nSPS) is 19.3. The summed E-state index contributed by atoms with van der Waals surface area (Å²) in [5.41, 5.74) is 1.42. The topological polar surface area (TPSA) is 65.0 Å². The lowest BCUT2D eigenvalue weighted by molar-refractivity contribution is 0.122. The summed E-state index contributed by atoms with van der Waals surface area (Å²) in [5, 5.41) is 6.65.